The first-order valence-electron chi connectivity index (χ1n) is 15.0. The molecule has 1 aliphatic rings. The minimum Gasteiger partial charge on any atom is -0.427 e. The topological polar surface area (TPSA) is 86.9 Å². The van der Waals surface area contributed by atoms with Crippen molar-refractivity contribution in [3.63, 3.8) is 0 Å². The zero-order chi connectivity index (χ0) is 30.5. The number of carbonyl (C=O) groups is 1. The van der Waals surface area contributed by atoms with Gasteiger partial charge in [0.2, 0.25) is 11.7 Å². The molecule has 1 aliphatic heterocycles. The lowest BCUT2D eigenvalue weighted by atomic mass is 9.87. The van der Waals surface area contributed by atoms with E-state index in [0.717, 1.165) is 23.1 Å². The van der Waals surface area contributed by atoms with Crippen molar-refractivity contribution in [3.05, 3.63) is 120 Å². The molecular formula is C36H37N3O5. The lowest BCUT2D eigenvalue weighted by Crippen LogP contribution is -2.45. The average Bonchev–Trinajstić information content (AvgIpc) is 3.48. The van der Waals surface area contributed by atoms with Crippen LogP contribution in [0.15, 0.2) is 102 Å². The van der Waals surface area contributed by atoms with Gasteiger partial charge in [0.1, 0.15) is 5.60 Å². The van der Waals surface area contributed by atoms with E-state index in [1.807, 2.05) is 63.2 Å². The number of fused-ring (bicyclic) bond motifs is 1. The summed E-state index contributed by atoms with van der Waals surface area (Å²) in [5.74, 6) is 1.28. The average molecular weight is 592 g/mol. The number of aromatic nitrogens is 2. The van der Waals surface area contributed by atoms with Gasteiger partial charge in [0.25, 0.3) is 0 Å². The van der Waals surface area contributed by atoms with E-state index in [4.69, 9.17) is 18.8 Å². The summed E-state index contributed by atoms with van der Waals surface area (Å²) in [5.41, 5.74) is 3.64. The number of rotatable bonds is 8. The standard InChI is InChI=1S/C36H37N3O5/c1-36(2,3)42-35(40)44-39-20-19-31(32(23-39)41-24-26-15-16-27-9-7-8-12-30(27)21-26)28-17-13-25(14-18-28)22-33-37-34(38-43-33)29-10-5-4-6-11-29/h4-18,21,31-32H,19-20,22-24H2,1-3H3. The SMILES string of the molecule is CC(C)(C)OC(=O)ON1CCC(c2ccc(Cc3nc(-c4ccccc4)no3)cc2)C(OCc2ccc3ccccc3c2)C1. The van der Waals surface area contributed by atoms with Gasteiger partial charge in [-0.1, -0.05) is 96.2 Å². The third-order valence-corrected chi connectivity index (χ3v) is 7.66. The second kappa shape index (κ2) is 13.0. The number of ether oxygens (including phenoxy) is 2. The van der Waals surface area contributed by atoms with Crippen LogP contribution in [0.5, 0.6) is 0 Å². The molecule has 6 rings (SSSR count). The van der Waals surface area contributed by atoms with Crippen molar-refractivity contribution < 1.29 is 23.6 Å². The second-order valence-corrected chi connectivity index (χ2v) is 12.2. The van der Waals surface area contributed by atoms with Gasteiger partial charge >= 0.3 is 6.16 Å². The van der Waals surface area contributed by atoms with Crippen molar-refractivity contribution in [2.24, 2.45) is 0 Å². The third kappa shape index (κ3) is 7.51. The molecule has 2 heterocycles. The summed E-state index contributed by atoms with van der Waals surface area (Å²) in [6, 6.07) is 33.0. The first-order chi connectivity index (χ1) is 21.3. The van der Waals surface area contributed by atoms with Crippen LogP contribution in [0.25, 0.3) is 22.2 Å². The van der Waals surface area contributed by atoms with Crippen LogP contribution >= 0.6 is 0 Å². The number of hydrogen-bond donors (Lipinski definition) is 0. The second-order valence-electron chi connectivity index (χ2n) is 12.2. The maximum atomic E-state index is 12.4. The predicted octanol–water partition coefficient (Wildman–Crippen LogP) is 7.72. The Bertz CT molecular complexity index is 1690. The Labute approximate surface area is 257 Å². The Morgan fingerprint density at radius 2 is 1.64 bits per heavy atom. The minimum atomic E-state index is -0.704. The fourth-order valence-electron chi connectivity index (χ4n) is 5.52. The smallest absolute Gasteiger partial charge is 0.427 e. The minimum absolute atomic E-state index is 0.121. The molecule has 1 fully saturated rings. The van der Waals surface area contributed by atoms with E-state index >= 15 is 0 Å². The summed E-state index contributed by atoms with van der Waals surface area (Å²) in [6.07, 6.45) is 0.400. The molecule has 0 N–H and O–H groups in total. The van der Waals surface area contributed by atoms with Crippen molar-refractivity contribution >= 4 is 16.9 Å². The van der Waals surface area contributed by atoms with Crippen LogP contribution in [0.2, 0.25) is 0 Å². The van der Waals surface area contributed by atoms with Gasteiger partial charge in [-0.05, 0) is 60.7 Å². The van der Waals surface area contributed by atoms with E-state index < -0.39 is 11.8 Å². The van der Waals surface area contributed by atoms with Crippen molar-refractivity contribution in [1.82, 2.24) is 15.2 Å². The molecule has 0 aliphatic carbocycles. The van der Waals surface area contributed by atoms with Crippen LogP contribution in [-0.2, 0) is 27.3 Å². The summed E-state index contributed by atoms with van der Waals surface area (Å²) in [6.45, 7) is 6.92. The molecule has 0 spiro atoms. The molecule has 226 valence electrons. The highest BCUT2D eigenvalue weighted by Gasteiger charge is 2.34. The van der Waals surface area contributed by atoms with E-state index in [2.05, 4.69) is 64.7 Å². The maximum Gasteiger partial charge on any atom is 0.528 e. The first-order valence-corrected chi connectivity index (χ1v) is 15.0. The molecule has 1 saturated heterocycles. The molecular weight excluding hydrogens is 554 g/mol. The number of nitrogens with zero attached hydrogens (tertiary/aromatic N) is 3. The van der Waals surface area contributed by atoms with E-state index in [1.165, 1.54) is 16.3 Å². The van der Waals surface area contributed by atoms with E-state index in [-0.39, 0.29) is 12.0 Å². The van der Waals surface area contributed by atoms with Gasteiger partial charge in [0.05, 0.1) is 25.7 Å². The maximum absolute atomic E-state index is 12.4. The Hall–Kier alpha value is -4.53. The molecule has 2 atom stereocenters. The van der Waals surface area contributed by atoms with Crippen molar-refractivity contribution in [3.8, 4) is 11.4 Å². The number of hydroxylamine groups is 2. The van der Waals surface area contributed by atoms with E-state index in [9.17, 15) is 4.79 Å². The molecule has 4 aromatic carbocycles. The lowest BCUT2D eigenvalue weighted by molar-refractivity contribution is -0.179. The van der Waals surface area contributed by atoms with Crippen LogP contribution in [0.3, 0.4) is 0 Å². The van der Waals surface area contributed by atoms with Crippen LogP contribution in [0.4, 0.5) is 4.79 Å². The molecule has 8 nitrogen and oxygen atoms in total. The molecule has 1 aromatic heterocycles. The van der Waals surface area contributed by atoms with Crippen LogP contribution in [-0.4, -0.2) is 46.2 Å². The fraction of sp³-hybridized carbons (Fsp3) is 0.306. The molecule has 8 heteroatoms. The fourth-order valence-corrected chi connectivity index (χ4v) is 5.52. The lowest BCUT2D eigenvalue weighted by Gasteiger charge is -2.37. The molecule has 0 bridgehead atoms. The largest absolute Gasteiger partial charge is 0.528 e. The predicted molar refractivity (Wildman–Crippen MR) is 168 cm³/mol. The highest BCUT2D eigenvalue weighted by molar-refractivity contribution is 5.82. The molecule has 0 saturated carbocycles. The summed E-state index contributed by atoms with van der Waals surface area (Å²) in [7, 11) is 0. The van der Waals surface area contributed by atoms with Gasteiger partial charge in [0, 0.05) is 18.0 Å². The van der Waals surface area contributed by atoms with Crippen LogP contribution in [0.1, 0.15) is 55.7 Å². The highest BCUT2D eigenvalue weighted by Crippen LogP contribution is 2.32. The van der Waals surface area contributed by atoms with Crippen molar-refractivity contribution in [2.75, 3.05) is 13.1 Å². The number of hydrogen-bond acceptors (Lipinski definition) is 8. The van der Waals surface area contributed by atoms with Crippen molar-refractivity contribution in [1.29, 1.82) is 0 Å². The first kappa shape index (κ1) is 29.5. The molecule has 2 unspecified atom stereocenters. The quantitative estimate of drug-likeness (QED) is 0.170. The van der Waals surface area contributed by atoms with E-state index in [0.29, 0.717) is 37.8 Å². The number of carbonyl (C=O) groups excluding carboxylic acids is 1. The number of piperidine rings is 1. The summed E-state index contributed by atoms with van der Waals surface area (Å²) in [5, 5.41) is 8.17. The third-order valence-electron chi connectivity index (χ3n) is 7.66. The molecule has 0 radical (unpaired) electrons. The summed E-state index contributed by atoms with van der Waals surface area (Å²) >= 11 is 0. The van der Waals surface area contributed by atoms with Gasteiger partial charge in [0.15, 0.2) is 0 Å². The van der Waals surface area contributed by atoms with Crippen molar-refractivity contribution in [2.45, 2.75) is 57.8 Å². The monoisotopic (exact) mass is 591 g/mol. The molecule has 0 amide bonds. The summed E-state index contributed by atoms with van der Waals surface area (Å²) < 4.78 is 17.5. The molecule has 44 heavy (non-hydrogen) atoms. The Kier molecular flexibility index (Phi) is 8.72. The zero-order valence-corrected chi connectivity index (χ0v) is 25.3. The van der Waals surface area contributed by atoms with Gasteiger partial charge in [-0.3, -0.25) is 0 Å². The van der Waals surface area contributed by atoms with Gasteiger partial charge in [-0.2, -0.15) is 4.98 Å². The van der Waals surface area contributed by atoms with Gasteiger partial charge in [-0.25, -0.2) is 4.79 Å². The summed E-state index contributed by atoms with van der Waals surface area (Å²) in [4.78, 5) is 22.6. The Morgan fingerprint density at radius 1 is 0.909 bits per heavy atom. The van der Waals surface area contributed by atoms with E-state index in [1.54, 1.807) is 5.06 Å². The highest BCUT2D eigenvalue weighted by atomic mass is 16.8. The Balaban J connectivity index is 1.15. The van der Waals surface area contributed by atoms with Crippen LogP contribution < -0.4 is 0 Å². The molecule has 5 aromatic rings. The van der Waals surface area contributed by atoms with Gasteiger partial charge in [-0.15, -0.1) is 5.06 Å². The van der Waals surface area contributed by atoms with Gasteiger partial charge < -0.3 is 18.8 Å². The Morgan fingerprint density at radius 3 is 2.41 bits per heavy atom. The number of benzene rings is 4. The normalized spacial score (nSPS) is 17.4. The van der Waals surface area contributed by atoms with Crippen LogP contribution in [0, 0.1) is 0 Å². The zero-order valence-electron chi connectivity index (χ0n) is 25.3.